The van der Waals surface area contributed by atoms with E-state index in [4.69, 9.17) is 9.90 Å². The molecule has 0 saturated carbocycles. The van der Waals surface area contributed by atoms with E-state index in [9.17, 15) is 22.8 Å². The summed E-state index contributed by atoms with van der Waals surface area (Å²) in [5, 5.41) is 15.6. The highest BCUT2D eigenvalue weighted by molar-refractivity contribution is 7.13. The number of aliphatic carboxylic acids is 1. The van der Waals surface area contributed by atoms with Crippen LogP contribution in [0.15, 0.2) is 54.3 Å². The number of fused-ring (bicyclic) bond motifs is 2. The Labute approximate surface area is 287 Å². The minimum atomic E-state index is -5.08. The van der Waals surface area contributed by atoms with Crippen molar-refractivity contribution in [1.29, 1.82) is 0 Å². The first kappa shape index (κ1) is 33.7. The molecule has 11 nitrogen and oxygen atoms in total. The summed E-state index contributed by atoms with van der Waals surface area (Å²) in [5.41, 5.74) is 5.21. The molecule has 2 fully saturated rings. The van der Waals surface area contributed by atoms with E-state index < -0.39 is 29.9 Å². The fourth-order valence-electron chi connectivity index (χ4n) is 7.10. The topological polar surface area (TPSA) is 133 Å². The molecule has 1 atom stereocenters. The lowest BCUT2D eigenvalue weighted by Crippen LogP contribution is -2.58. The number of hydrogen-bond donors (Lipinski definition) is 3. The minimum absolute atomic E-state index is 0.00650. The Morgan fingerprint density at radius 3 is 2.38 bits per heavy atom. The molecule has 0 aliphatic carbocycles. The number of aryl methyl sites for hydroxylation is 1. The van der Waals surface area contributed by atoms with Gasteiger partial charge in [0.2, 0.25) is 0 Å². The molecule has 2 saturated heterocycles. The summed E-state index contributed by atoms with van der Waals surface area (Å²) >= 11 is 1.30. The van der Waals surface area contributed by atoms with Crippen LogP contribution in [0.1, 0.15) is 52.6 Å². The van der Waals surface area contributed by atoms with Crippen molar-refractivity contribution >= 4 is 39.9 Å². The molecule has 16 heteroatoms. The Morgan fingerprint density at radius 1 is 1.04 bits per heavy atom. The van der Waals surface area contributed by atoms with Gasteiger partial charge in [-0.1, -0.05) is 12.1 Å². The minimum Gasteiger partial charge on any atom is -0.475 e. The number of nitrogens with one attached hydrogen (secondary N) is 2. The zero-order valence-electron chi connectivity index (χ0n) is 26.7. The number of carbonyl (C=O) groups is 3. The van der Waals surface area contributed by atoms with Crippen molar-refractivity contribution in [2.45, 2.75) is 51.0 Å². The average molecular weight is 712 g/mol. The van der Waals surface area contributed by atoms with Crippen LogP contribution in [0.5, 0.6) is 0 Å². The van der Waals surface area contributed by atoms with E-state index >= 15 is 4.39 Å². The average Bonchev–Trinajstić information content (AvgIpc) is 3.89. The maximum atomic E-state index is 15.7. The predicted molar refractivity (Wildman–Crippen MR) is 176 cm³/mol. The lowest BCUT2D eigenvalue weighted by atomic mass is 9.73. The van der Waals surface area contributed by atoms with Gasteiger partial charge in [0.15, 0.2) is 11.2 Å². The first-order valence-electron chi connectivity index (χ1n) is 16.2. The van der Waals surface area contributed by atoms with Crippen LogP contribution in [0.4, 0.5) is 28.4 Å². The molecule has 6 heterocycles. The van der Waals surface area contributed by atoms with Crippen molar-refractivity contribution in [3.8, 4) is 11.1 Å². The van der Waals surface area contributed by atoms with Crippen molar-refractivity contribution in [2.75, 3.05) is 36.4 Å². The smallest absolute Gasteiger partial charge is 0.475 e. The van der Waals surface area contributed by atoms with E-state index in [1.165, 1.54) is 35.1 Å². The summed E-state index contributed by atoms with van der Waals surface area (Å²) in [6.45, 7) is 5.15. The van der Waals surface area contributed by atoms with Crippen LogP contribution in [0.25, 0.3) is 11.1 Å². The maximum absolute atomic E-state index is 15.7. The fraction of sp³-hybridized carbons (Fsp3) is 0.382. The van der Waals surface area contributed by atoms with Crippen LogP contribution in [0.2, 0.25) is 0 Å². The summed E-state index contributed by atoms with van der Waals surface area (Å²) < 4.78 is 49.4. The van der Waals surface area contributed by atoms with Gasteiger partial charge in [-0.15, -0.1) is 11.3 Å². The molecular weight excluding hydrogens is 678 g/mol. The third kappa shape index (κ3) is 6.44. The summed E-state index contributed by atoms with van der Waals surface area (Å²) in [5.74, 6) is -3.98. The van der Waals surface area contributed by atoms with E-state index in [1.54, 1.807) is 24.0 Å². The number of aromatic nitrogens is 3. The number of rotatable bonds is 6. The van der Waals surface area contributed by atoms with E-state index in [0.717, 1.165) is 62.5 Å². The number of nitrogens with zero attached hydrogens (tertiary/aromatic N) is 5. The Bertz CT molecular complexity index is 1920. The normalized spacial score (nSPS) is 18.2. The van der Waals surface area contributed by atoms with Gasteiger partial charge in [0.1, 0.15) is 5.82 Å². The van der Waals surface area contributed by atoms with Gasteiger partial charge < -0.3 is 24.8 Å². The fourth-order valence-corrected chi connectivity index (χ4v) is 7.63. The molecule has 1 spiro atoms. The quantitative estimate of drug-likeness (QED) is 0.231. The highest BCUT2D eigenvalue weighted by atomic mass is 32.1. The molecule has 50 heavy (non-hydrogen) atoms. The van der Waals surface area contributed by atoms with E-state index in [1.807, 2.05) is 16.7 Å². The number of carboxylic acids is 1. The SMILES string of the molecule is O=C(Nc1nccs1)C(c1ncn2c1CCC2)N1Cc2c(F)cc(-c3ccc(N4CCC5(CC4)CNC5)cc3)cc2C1=O.O=C(O)C(F)(F)F. The largest absolute Gasteiger partial charge is 0.490 e. The van der Waals surface area contributed by atoms with Gasteiger partial charge in [0.25, 0.3) is 11.8 Å². The maximum Gasteiger partial charge on any atom is 0.490 e. The number of carbonyl (C=O) groups excluding carboxylic acids is 2. The summed E-state index contributed by atoms with van der Waals surface area (Å²) in [7, 11) is 0. The van der Waals surface area contributed by atoms with E-state index in [0.29, 0.717) is 27.4 Å². The van der Waals surface area contributed by atoms with Gasteiger partial charge in [-0.2, -0.15) is 13.2 Å². The highest BCUT2D eigenvalue weighted by Crippen LogP contribution is 2.39. The number of carboxylic acid groups (broad SMARTS) is 1. The van der Waals surface area contributed by atoms with Crippen LogP contribution in [-0.4, -0.2) is 74.7 Å². The van der Waals surface area contributed by atoms with Crippen LogP contribution in [-0.2, 0) is 29.1 Å². The van der Waals surface area contributed by atoms with Gasteiger partial charge in [0.05, 0.1) is 18.6 Å². The molecule has 0 radical (unpaired) electrons. The standard InChI is InChI=1S/C32H32FN7O2S.C2HF3O2/c33-25-15-21(20-3-5-22(6-4-20)38-11-7-32(8-12-38)17-34-18-32)14-23-24(25)16-40(30(23)42)28(29(41)37-31-35-9-13-43-31)27-26-2-1-10-39(26)19-36-27;3-2(4,5)1(6)7/h3-6,9,13-15,19,28,34H,1-2,7-8,10-12,16-18H2,(H,35,37,41);(H,6,7). The van der Waals surface area contributed by atoms with E-state index in [2.05, 4.69) is 37.6 Å². The van der Waals surface area contributed by atoms with Crippen LogP contribution >= 0.6 is 11.3 Å². The number of benzene rings is 2. The Balaban J connectivity index is 0.000000510. The van der Waals surface area contributed by atoms with Gasteiger partial charge in [-0.25, -0.2) is 19.2 Å². The Kier molecular flexibility index (Phi) is 8.84. The highest BCUT2D eigenvalue weighted by Gasteiger charge is 2.43. The van der Waals surface area contributed by atoms with Crippen molar-refractivity contribution in [3.63, 3.8) is 0 Å². The van der Waals surface area contributed by atoms with Gasteiger partial charge >= 0.3 is 12.1 Å². The molecule has 3 N–H and O–H groups in total. The van der Waals surface area contributed by atoms with Crippen LogP contribution < -0.4 is 15.5 Å². The van der Waals surface area contributed by atoms with E-state index in [-0.39, 0.29) is 18.0 Å². The van der Waals surface area contributed by atoms with Gasteiger partial charge in [0, 0.05) is 66.8 Å². The first-order valence-corrected chi connectivity index (χ1v) is 17.0. The van der Waals surface area contributed by atoms with Crippen molar-refractivity contribution in [1.82, 2.24) is 24.8 Å². The zero-order valence-corrected chi connectivity index (χ0v) is 27.5. The van der Waals surface area contributed by atoms with Crippen LogP contribution in [0, 0.1) is 11.2 Å². The zero-order chi connectivity index (χ0) is 35.2. The first-order chi connectivity index (χ1) is 23.9. The number of alkyl halides is 3. The molecule has 4 aliphatic rings. The van der Waals surface area contributed by atoms with Crippen molar-refractivity contribution in [2.24, 2.45) is 5.41 Å². The summed E-state index contributed by atoms with van der Waals surface area (Å²) in [6, 6.07) is 10.4. The lowest BCUT2D eigenvalue weighted by molar-refractivity contribution is -0.192. The number of halogens is 4. The van der Waals surface area contributed by atoms with Crippen molar-refractivity contribution in [3.05, 3.63) is 82.6 Å². The molecule has 2 aromatic carbocycles. The number of hydrogen-bond acceptors (Lipinski definition) is 8. The molecule has 2 amide bonds. The van der Waals surface area contributed by atoms with Gasteiger partial charge in [-0.3, -0.25) is 14.9 Å². The van der Waals surface area contributed by atoms with Gasteiger partial charge in [-0.05, 0) is 66.5 Å². The third-order valence-corrected chi connectivity index (χ3v) is 10.6. The number of amides is 2. The number of piperidine rings is 1. The lowest BCUT2D eigenvalue weighted by Gasteiger charge is -2.49. The molecule has 4 aromatic rings. The predicted octanol–water partition coefficient (Wildman–Crippen LogP) is 5.25. The molecule has 1 unspecified atom stereocenters. The number of imidazole rings is 1. The number of thiazole rings is 1. The second-order valence-corrected chi connectivity index (χ2v) is 13.9. The summed E-state index contributed by atoms with van der Waals surface area (Å²) in [4.78, 5) is 49.1. The Morgan fingerprint density at radius 2 is 1.76 bits per heavy atom. The molecule has 262 valence electrons. The second-order valence-electron chi connectivity index (χ2n) is 13.0. The number of anilines is 2. The molecule has 0 bridgehead atoms. The molecule has 8 rings (SSSR count). The Hall–Kier alpha value is -4.83. The molecule has 2 aromatic heterocycles. The summed E-state index contributed by atoms with van der Waals surface area (Å²) in [6.07, 6.45) is 2.37. The van der Waals surface area contributed by atoms with Crippen LogP contribution in [0.3, 0.4) is 0 Å². The monoisotopic (exact) mass is 711 g/mol. The third-order valence-electron chi connectivity index (χ3n) is 9.92. The molecule has 4 aliphatic heterocycles. The second kappa shape index (κ2) is 13.1. The van der Waals surface area contributed by atoms with Crippen molar-refractivity contribution < 1.29 is 37.1 Å². The molecular formula is C34H33F4N7O4S.